The Hall–Kier alpha value is -3.30. The SMILES string of the molecule is CCOc1cc(C=NNC(=O)C(NC(=O)c2ccc(Cl)c(Cl)c2)C(C)C)ccc1OCC(=O)O. The molecule has 2 aromatic rings. The normalized spacial score (nSPS) is 11.8. The molecule has 2 amide bonds. The molecule has 0 aliphatic rings. The van der Waals surface area contributed by atoms with Gasteiger partial charge in [-0.05, 0) is 54.8 Å². The van der Waals surface area contributed by atoms with Gasteiger partial charge in [-0.1, -0.05) is 37.0 Å². The number of carbonyl (C=O) groups excluding carboxylic acids is 2. The third-order valence-electron chi connectivity index (χ3n) is 4.42. The number of amides is 2. The van der Waals surface area contributed by atoms with Crippen LogP contribution in [0.1, 0.15) is 36.7 Å². The minimum absolute atomic E-state index is 0.225. The van der Waals surface area contributed by atoms with E-state index < -0.39 is 30.4 Å². The number of hydrogen-bond donors (Lipinski definition) is 3. The number of benzene rings is 2. The summed E-state index contributed by atoms with van der Waals surface area (Å²) in [6.07, 6.45) is 1.39. The second kappa shape index (κ2) is 12.8. The number of ether oxygens (including phenoxy) is 2. The van der Waals surface area contributed by atoms with Gasteiger partial charge in [0, 0.05) is 5.56 Å². The lowest BCUT2D eigenvalue weighted by Crippen LogP contribution is -2.48. The number of hydrogen-bond acceptors (Lipinski definition) is 6. The minimum atomic E-state index is -1.11. The highest BCUT2D eigenvalue weighted by Crippen LogP contribution is 2.28. The van der Waals surface area contributed by atoms with Gasteiger partial charge in [0.05, 0.1) is 22.9 Å². The summed E-state index contributed by atoms with van der Waals surface area (Å²) in [5, 5.41) is 16.0. The Morgan fingerprint density at radius 2 is 1.79 bits per heavy atom. The first kappa shape index (κ1) is 26.9. The molecule has 0 saturated heterocycles. The molecule has 0 spiro atoms. The van der Waals surface area contributed by atoms with Crippen molar-refractivity contribution in [3.8, 4) is 11.5 Å². The molecule has 0 heterocycles. The van der Waals surface area contributed by atoms with Crippen LogP contribution in [0.2, 0.25) is 10.0 Å². The lowest BCUT2D eigenvalue weighted by Gasteiger charge is -2.20. The fourth-order valence-corrected chi connectivity index (χ4v) is 3.07. The van der Waals surface area contributed by atoms with Gasteiger partial charge in [-0.15, -0.1) is 0 Å². The molecule has 3 N–H and O–H groups in total. The predicted octanol–water partition coefficient (Wildman–Crippen LogP) is 3.76. The highest BCUT2D eigenvalue weighted by Gasteiger charge is 2.24. The first-order valence-corrected chi connectivity index (χ1v) is 11.1. The lowest BCUT2D eigenvalue weighted by molar-refractivity contribution is -0.139. The predicted molar refractivity (Wildman–Crippen MR) is 129 cm³/mol. The van der Waals surface area contributed by atoms with Gasteiger partial charge in [0.25, 0.3) is 11.8 Å². The van der Waals surface area contributed by atoms with Crippen LogP contribution in [-0.4, -0.2) is 48.4 Å². The van der Waals surface area contributed by atoms with Gasteiger partial charge >= 0.3 is 5.97 Å². The topological polar surface area (TPSA) is 126 Å². The van der Waals surface area contributed by atoms with Crippen LogP contribution < -0.4 is 20.2 Å². The molecule has 0 radical (unpaired) electrons. The van der Waals surface area contributed by atoms with E-state index in [0.29, 0.717) is 22.9 Å². The Kier molecular flexibility index (Phi) is 10.2. The second-order valence-corrected chi connectivity index (χ2v) is 8.19. The smallest absolute Gasteiger partial charge is 0.341 e. The van der Waals surface area contributed by atoms with E-state index in [-0.39, 0.29) is 22.3 Å². The van der Waals surface area contributed by atoms with E-state index in [1.165, 1.54) is 24.4 Å². The fraction of sp³-hybridized carbons (Fsp3) is 0.304. The number of nitrogens with zero attached hydrogens (tertiary/aromatic N) is 1. The van der Waals surface area contributed by atoms with Crippen molar-refractivity contribution in [3.63, 3.8) is 0 Å². The molecular weight excluding hydrogens is 485 g/mol. The number of nitrogens with one attached hydrogen (secondary N) is 2. The van der Waals surface area contributed by atoms with Crippen LogP contribution in [0, 0.1) is 5.92 Å². The summed E-state index contributed by atoms with van der Waals surface area (Å²) in [5.41, 5.74) is 3.26. The number of halogens is 2. The maximum Gasteiger partial charge on any atom is 0.341 e. The average Bonchev–Trinajstić information content (AvgIpc) is 2.78. The molecule has 11 heteroatoms. The number of carboxylic acid groups (broad SMARTS) is 1. The molecule has 0 saturated carbocycles. The largest absolute Gasteiger partial charge is 0.490 e. The molecule has 0 aromatic heterocycles. The summed E-state index contributed by atoms with van der Waals surface area (Å²) in [5.74, 6) is -1.71. The van der Waals surface area contributed by atoms with Crippen molar-refractivity contribution in [3.05, 3.63) is 57.6 Å². The van der Waals surface area contributed by atoms with Gasteiger partial charge in [0.15, 0.2) is 18.1 Å². The summed E-state index contributed by atoms with van der Waals surface area (Å²) in [4.78, 5) is 35.9. The number of aliphatic carboxylic acids is 1. The molecule has 2 rings (SSSR count). The molecule has 0 fully saturated rings. The lowest BCUT2D eigenvalue weighted by atomic mass is 10.0. The molecular formula is C23H25Cl2N3O6. The molecule has 1 atom stereocenters. The van der Waals surface area contributed by atoms with E-state index in [4.69, 9.17) is 37.8 Å². The Morgan fingerprint density at radius 1 is 1.06 bits per heavy atom. The minimum Gasteiger partial charge on any atom is -0.490 e. The third-order valence-corrected chi connectivity index (χ3v) is 5.16. The van der Waals surface area contributed by atoms with Crippen LogP contribution in [0.25, 0.3) is 0 Å². The average molecular weight is 510 g/mol. The van der Waals surface area contributed by atoms with Crippen LogP contribution in [-0.2, 0) is 9.59 Å². The highest BCUT2D eigenvalue weighted by atomic mass is 35.5. The van der Waals surface area contributed by atoms with Crippen LogP contribution >= 0.6 is 23.2 Å². The van der Waals surface area contributed by atoms with Crippen LogP contribution in [0.3, 0.4) is 0 Å². The quantitative estimate of drug-likeness (QED) is 0.312. The molecule has 0 aliphatic carbocycles. The van der Waals surface area contributed by atoms with Crippen molar-refractivity contribution >= 4 is 47.2 Å². The number of carboxylic acids is 1. The Labute approximate surface area is 207 Å². The first-order valence-electron chi connectivity index (χ1n) is 10.3. The first-order chi connectivity index (χ1) is 16.1. The monoisotopic (exact) mass is 509 g/mol. The summed E-state index contributed by atoms with van der Waals surface area (Å²) in [6.45, 7) is 5.18. The molecule has 34 heavy (non-hydrogen) atoms. The van der Waals surface area contributed by atoms with Gasteiger partial charge in [0.2, 0.25) is 0 Å². The van der Waals surface area contributed by atoms with E-state index in [2.05, 4.69) is 15.8 Å². The maximum absolute atomic E-state index is 12.6. The number of hydrazone groups is 1. The summed E-state index contributed by atoms with van der Waals surface area (Å²) in [6, 6.07) is 8.35. The van der Waals surface area contributed by atoms with Crippen LogP contribution in [0.5, 0.6) is 11.5 Å². The molecule has 182 valence electrons. The number of rotatable bonds is 11. The molecule has 9 nitrogen and oxygen atoms in total. The Bertz CT molecular complexity index is 1070. The standard InChI is InChI=1S/C23H25Cl2N3O6/c1-4-33-19-9-14(5-8-18(19)34-12-20(29)30)11-26-28-23(32)21(13(2)3)27-22(31)15-6-7-16(24)17(25)10-15/h5-11,13,21H,4,12H2,1-3H3,(H,27,31)(H,28,32)(H,29,30). The van der Waals surface area contributed by atoms with Crippen molar-refractivity contribution in [1.82, 2.24) is 10.7 Å². The Balaban J connectivity index is 2.06. The van der Waals surface area contributed by atoms with E-state index in [1.54, 1.807) is 39.0 Å². The van der Waals surface area contributed by atoms with Gasteiger partial charge in [-0.3, -0.25) is 9.59 Å². The molecule has 2 aromatic carbocycles. The van der Waals surface area contributed by atoms with Crippen molar-refractivity contribution in [2.75, 3.05) is 13.2 Å². The van der Waals surface area contributed by atoms with Crippen molar-refractivity contribution < 1.29 is 29.0 Å². The second-order valence-electron chi connectivity index (χ2n) is 7.38. The van der Waals surface area contributed by atoms with E-state index in [0.717, 1.165) is 0 Å². The summed E-state index contributed by atoms with van der Waals surface area (Å²) >= 11 is 11.8. The van der Waals surface area contributed by atoms with Gasteiger partial charge in [0.1, 0.15) is 6.04 Å². The van der Waals surface area contributed by atoms with Crippen molar-refractivity contribution in [2.45, 2.75) is 26.8 Å². The van der Waals surface area contributed by atoms with Gasteiger partial charge in [-0.25, -0.2) is 10.2 Å². The number of carbonyl (C=O) groups is 3. The zero-order valence-electron chi connectivity index (χ0n) is 18.8. The van der Waals surface area contributed by atoms with Crippen LogP contribution in [0.15, 0.2) is 41.5 Å². The van der Waals surface area contributed by atoms with Crippen LogP contribution in [0.4, 0.5) is 0 Å². The third kappa shape index (κ3) is 7.93. The van der Waals surface area contributed by atoms with Crippen molar-refractivity contribution in [1.29, 1.82) is 0 Å². The van der Waals surface area contributed by atoms with Gasteiger partial charge < -0.3 is 19.9 Å². The van der Waals surface area contributed by atoms with Gasteiger partial charge in [-0.2, -0.15) is 5.10 Å². The highest BCUT2D eigenvalue weighted by molar-refractivity contribution is 6.42. The summed E-state index contributed by atoms with van der Waals surface area (Å²) < 4.78 is 10.7. The Morgan fingerprint density at radius 3 is 2.41 bits per heavy atom. The summed E-state index contributed by atoms with van der Waals surface area (Å²) in [7, 11) is 0. The zero-order chi connectivity index (χ0) is 25.3. The van der Waals surface area contributed by atoms with E-state index in [9.17, 15) is 14.4 Å². The van der Waals surface area contributed by atoms with E-state index >= 15 is 0 Å². The molecule has 0 bridgehead atoms. The zero-order valence-corrected chi connectivity index (χ0v) is 20.3. The molecule has 0 aliphatic heterocycles. The fourth-order valence-electron chi connectivity index (χ4n) is 2.77. The maximum atomic E-state index is 12.6. The molecule has 1 unspecified atom stereocenters. The van der Waals surface area contributed by atoms with E-state index in [1.807, 2.05) is 0 Å². The van der Waals surface area contributed by atoms with Crippen molar-refractivity contribution in [2.24, 2.45) is 11.0 Å².